The van der Waals surface area contributed by atoms with Gasteiger partial charge in [-0.3, -0.25) is 0 Å². The Hall–Kier alpha value is -2.18. The molecule has 0 radical (unpaired) electrons. The highest BCUT2D eigenvalue weighted by Gasteiger charge is 2.13. The van der Waals surface area contributed by atoms with E-state index in [0.29, 0.717) is 12.4 Å². The molecule has 0 spiro atoms. The molecule has 1 aromatic carbocycles. The number of rotatable bonds is 4. The first-order valence-electron chi connectivity index (χ1n) is 7.05. The lowest BCUT2D eigenvalue weighted by Gasteiger charge is -2.13. The molecule has 5 nitrogen and oxygen atoms in total. The van der Waals surface area contributed by atoms with Crippen molar-refractivity contribution in [3.8, 4) is 0 Å². The maximum absolute atomic E-state index is 10.4. The van der Waals surface area contributed by atoms with E-state index in [0.717, 1.165) is 21.5 Å². The van der Waals surface area contributed by atoms with Gasteiger partial charge in [0.15, 0.2) is 0 Å². The first-order chi connectivity index (χ1) is 10.5. The number of benzene rings is 1. The van der Waals surface area contributed by atoms with Gasteiger partial charge in [0.25, 0.3) is 0 Å². The second-order valence-electron chi connectivity index (χ2n) is 5.22. The van der Waals surface area contributed by atoms with Gasteiger partial charge in [0.1, 0.15) is 11.9 Å². The number of aryl methyl sites for hydroxylation is 1. The van der Waals surface area contributed by atoms with E-state index in [1.807, 2.05) is 38.1 Å². The van der Waals surface area contributed by atoms with E-state index in [2.05, 4.69) is 21.4 Å². The van der Waals surface area contributed by atoms with E-state index < -0.39 is 6.10 Å². The minimum Gasteiger partial charge on any atom is -0.386 e. The van der Waals surface area contributed by atoms with Crippen molar-refractivity contribution in [3.05, 3.63) is 46.5 Å². The number of nitrogens with zero attached hydrogens (tertiary/aromatic N) is 2. The van der Waals surface area contributed by atoms with Crippen molar-refractivity contribution >= 4 is 33.2 Å². The van der Waals surface area contributed by atoms with Crippen LogP contribution < -0.4 is 11.1 Å². The predicted molar refractivity (Wildman–Crippen MR) is 91.2 cm³/mol. The molecule has 6 heteroatoms. The number of thiophene rings is 1. The van der Waals surface area contributed by atoms with Gasteiger partial charge >= 0.3 is 0 Å². The fraction of sp³-hybridized carbons (Fsp3) is 0.250. The molecule has 0 aliphatic carbocycles. The molecule has 1 atom stereocenters. The summed E-state index contributed by atoms with van der Waals surface area (Å²) in [6.07, 6.45) is -0.590. The summed E-state index contributed by atoms with van der Waals surface area (Å²) in [6.45, 7) is 4.20. The SMILES string of the molecule is Cc1nc(N)nc(NCC(O)c2cc3ccccc3s2)c1C. The molecule has 0 fully saturated rings. The number of anilines is 2. The van der Waals surface area contributed by atoms with Gasteiger partial charge < -0.3 is 16.2 Å². The van der Waals surface area contributed by atoms with Gasteiger partial charge in [-0.1, -0.05) is 18.2 Å². The summed E-state index contributed by atoms with van der Waals surface area (Å²) in [5.74, 6) is 0.909. The molecule has 0 saturated carbocycles. The van der Waals surface area contributed by atoms with Gasteiger partial charge in [-0.25, -0.2) is 4.98 Å². The topological polar surface area (TPSA) is 84.1 Å². The summed E-state index contributed by atoms with van der Waals surface area (Å²) in [6, 6.07) is 10.1. The molecule has 22 heavy (non-hydrogen) atoms. The number of aliphatic hydroxyl groups is 1. The average molecular weight is 314 g/mol. The number of aliphatic hydroxyl groups excluding tert-OH is 1. The molecule has 3 rings (SSSR count). The third-order valence-electron chi connectivity index (χ3n) is 3.64. The molecule has 0 aliphatic rings. The quantitative estimate of drug-likeness (QED) is 0.689. The minimum atomic E-state index is -0.590. The normalized spacial score (nSPS) is 12.5. The summed E-state index contributed by atoms with van der Waals surface area (Å²) in [5.41, 5.74) is 7.46. The first-order valence-corrected chi connectivity index (χ1v) is 7.87. The van der Waals surface area contributed by atoms with Gasteiger partial charge in [0, 0.05) is 27.4 Å². The Morgan fingerprint density at radius 2 is 2.05 bits per heavy atom. The average Bonchev–Trinajstić information content (AvgIpc) is 2.93. The molecular formula is C16H18N4OS. The largest absolute Gasteiger partial charge is 0.386 e. The molecule has 0 bridgehead atoms. The summed E-state index contributed by atoms with van der Waals surface area (Å²) >= 11 is 1.60. The van der Waals surface area contributed by atoms with Crippen LogP contribution in [0.5, 0.6) is 0 Å². The Labute approximate surface area is 132 Å². The summed E-state index contributed by atoms with van der Waals surface area (Å²) in [4.78, 5) is 9.24. The van der Waals surface area contributed by atoms with Crippen LogP contribution in [0.3, 0.4) is 0 Å². The zero-order chi connectivity index (χ0) is 15.7. The number of aromatic nitrogens is 2. The fourth-order valence-corrected chi connectivity index (χ4v) is 3.33. The van der Waals surface area contributed by atoms with Crippen LogP contribution in [0.2, 0.25) is 0 Å². The summed E-state index contributed by atoms with van der Waals surface area (Å²) in [5, 5.41) is 14.7. The van der Waals surface area contributed by atoms with Crippen LogP contribution >= 0.6 is 11.3 Å². The number of fused-ring (bicyclic) bond motifs is 1. The van der Waals surface area contributed by atoms with E-state index in [4.69, 9.17) is 5.73 Å². The molecule has 0 saturated heterocycles. The van der Waals surface area contributed by atoms with Crippen molar-refractivity contribution in [2.24, 2.45) is 0 Å². The number of nitrogens with two attached hydrogens (primary N) is 1. The number of nitrogens with one attached hydrogen (secondary N) is 1. The zero-order valence-corrected chi connectivity index (χ0v) is 13.3. The second-order valence-corrected chi connectivity index (χ2v) is 6.34. The van der Waals surface area contributed by atoms with Gasteiger partial charge in [-0.2, -0.15) is 4.98 Å². The van der Waals surface area contributed by atoms with Crippen molar-refractivity contribution in [2.75, 3.05) is 17.6 Å². The highest BCUT2D eigenvalue weighted by atomic mass is 32.1. The van der Waals surface area contributed by atoms with E-state index >= 15 is 0 Å². The summed E-state index contributed by atoms with van der Waals surface area (Å²) < 4.78 is 1.18. The lowest BCUT2D eigenvalue weighted by Crippen LogP contribution is -2.14. The minimum absolute atomic E-state index is 0.238. The Morgan fingerprint density at radius 3 is 2.82 bits per heavy atom. The van der Waals surface area contributed by atoms with Crippen LogP contribution in [0.1, 0.15) is 22.2 Å². The van der Waals surface area contributed by atoms with Crippen molar-refractivity contribution in [3.63, 3.8) is 0 Å². The van der Waals surface area contributed by atoms with Crippen LogP contribution in [0.4, 0.5) is 11.8 Å². The Kier molecular flexibility index (Phi) is 3.96. The smallest absolute Gasteiger partial charge is 0.222 e. The van der Waals surface area contributed by atoms with Gasteiger partial charge in [0.2, 0.25) is 5.95 Å². The number of nitrogen functional groups attached to an aromatic ring is 1. The lowest BCUT2D eigenvalue weighted by atomic mass is 10.2. The van der Waals surface area contributed by atoms with Crippen LogP contribution in [0.15, 0.2) is 30.3 Å². The van der Waals surface area contributed by atoms with Crippen LogP contribution in [0, 0.1) is 13.8 Å². The van der Waals surface area contributed by atoms with Crippen LogP contribution in [-0.4, -0.2) is 21.6 Å². The van der Waals surface area contributed by atoms with Crippen molar-refractivity contribution in [1.82, 2.24) is 9.97 Å². The van der Waals surface area contributed by atoms with E-state index in [9.17, 15) is 5.11 Å². The monoisotopic (exact) mass is 314 g/mol. The fourth-order valence-electron chi connectivity index (χ4n) is 2.28. The number of hydrogen-bond acceptors (Lipinski definition) is 6. The molecule has 3 aromatic rings. The molecule has 2 aromatic heterocycles. The second kappa shape index (κ2) is 5.90. The highest BCUT2D eigenvalue weighted by Crippen LogP contribution is 2.30. The molecule has 4 N–H and O–H groups in total. The van der Waals surface area contributed by atoms with Crippen LogP contribution in [-0.2, 0) is 0 Å². The molecule has 0 aliphatic heterocycles. The maximum Gasteiger partial charge on any atom is 0.222 e. The molecule has 0 amide bonds. The first kappa shape index (κ1) is 14.7. The van der Waals surface area contributed by atoms with E-state index in [-0.39, 0.29) is 5.95 Å². The Morgan fingerprint density at radius 1 is 1.27 bits per heavy atom. The van der Waals surface area contributed by atoms with Crippen molar-refractivity contribution in [2.45, 2.75) is 20.0 Å². The Bertz CT molecular complexity index is 782. The zero-order valence-electron chi connectivity index (χ0n) is 12.5. The molecule has 2 heterocycles. The maximum atomic E-state index is 10.4. The van der Waals surface area contributed by atoms with Crippen molar-refractivity contribution < 1.29 is 5.11 Å². The van der Waals surface area contributed by atoms with Gasteiger partial charge in [0.05, 0.1) is 0 Å². The molecule has 1 unspecified atom stereocenters. The van der Waals surface area contributed by atoms with Crippen molar-refractivity contribution in [1.29, 1.82) is 0 Å². The predicted octanol–water partition coefficient (Wildman–Crippen LogP) is 3.04. The third kappa shape index (κ3) is 2.88. The van der Waals surface area contributed by atoms with E-state index in [1.165, 1.54) is 4.70 Å². The van der Waals surface area contributed by atoms with E-state index in [1.54, 1.807) is 11.3 Å². The molecule has 114 valence electrons. The Balaban J connectivity index is 1.76. The lowest BCUT2D eigenvalue weighted by molar-refractivity contribution is 0.195. The summed E-state index contributed by atoms with van der Waals surface area (Å²) in [7, 11) is 0. The van der Waals surface area contributed by atoms with Gasteiger partial charge in [-0.15, -0.1) is 11.3 Å². The number of hydrogen-bond donors (Lipinski definition) is 3. The van der Waals surface area contributed by atoms with Gasteiger partial charge in [-0.05, 0) is 31.4 Å². The highest BCUT2D eigenvalue weighted by molar-refractivity contribution is 7.19. The standard InChI is InChI=1S/C16H18N4OS/c1-9-10(2)19-16(17)20-15(9)18-8-12(21)14-7-11-5-3-4-6-13(11)22-14/h3-7,12,21H,8H2,1-2H3,(H3,17,18,19,20). The van der Waals surface area contributed by atoms with Crippen LogP contribution in [0.25, 0.3) is 10.1 Å². The third-order valence-corrected chi connectivity index (χ3v) is 4.86. The molecular weight excluding hydrogens is 296 g/mol.